The number of carbonyl (C=O) groups is 1. The number of terminal acetylenes is 1. The Labute approximate surface area is 88.7 Å². The zero-order valence-electron chi connectivity index (χ0n) is 8.49. The smallest absolute Gasteiger partial charge is 0.335 e. The van der Waals surface area contributed by atoms with Crippen LogP contribution in [0.5, 0.6) is 5.75 Å². The Morgan fingerprint density at radius 2 is 2.33 bits per heavy atom. The van der Waals surface area contributed by atoms with Gasteiger partial charge in [-0.1, -0.05) is 0 Å². The Morgan fingerprint density at radius 1 is 1.60 bits per heavy atom. The number of hydrogen-bond acceptors (Lipinski definition) is 2. The maximum Gasteiger partial charge on any atom is 0.335 e. The van der Waals surface area contributed by atoms with Gasteiger partial charge in [0.25, 0.3) is 0 Å². The standard InChI is InChI=1S/C12H12O3/c1-3-4-7-15-11-6-5-10(12(13)14)8-9(11)2/h1,5-6,8H,4,7H2,2H3,(H,13,14). The monoisotopic (exact) mass is 204 g/mol. The molecule has 1 rings (SSSR count). The van der Waals surface area contributed by atoms with Gasteiger partial charge in [-0.15, -0.1) is 12.3 Å². The predicted molar refractivity (Wildman–Crippen MR) is 57.1 cm³/mol. The molecule has 0 spiro atoms. The average Bonchev–Trinajstić information content (AvgIpc) is 2.20. The van der Waals surface area contributed by atoms with Crippen LogP contribution in [0.4, 0.5) is 0 Å². The Balaban J connectivity index is 2.76. The fourth-order valence-corrected chi connectivity index (χ4v) is 1.16. The van der Waals surface area contributed by atoms with Gasteiger partial charge in [-0.2, -0.15) is 0 Å². The summed E-state index contributed by atoms with van der Waals surface area (Å²) >= 11 is 0. The molecule has 0 atom stereocenters. The van der Waals surface area contributed by atoms with Crippen LogP contribution < -0.4 is 4.74 Å². The molecule has 0 heterocycles. The molecule has 0 saturated carbocycles. The Hall–Kier alpha value is -1.95. The molecule has 15 heavy (non-hydrogen) atoms. The van der Waals surface area contributed by atoms with E-state index in [0.717, 1.165) is 5.56 Å². The molecule has 0 amide bonds. The van der Waals surface area contributed by atoms with Gasteiger partial charge < -0.3 is 9.84 Å². The molecule has 3 heteroatoms. The summed E-state index contributed by atoms with van der Waals surface area (Å²) in [5.74, 6) is 2.21. The molecule has 0 aromatic heterocycles. The molecular formula is C12H12O3. The molecule has 3 nitrogen and oxygen atoms in total. The van der Waals surface area contributed by atoms with E-state index in [1.165, 1.54) is 6.07 Å². The first kappa shape index (κ1) is 11.1. The number of ether oxygens (including phenoxy) is 1. The van der Waals surface area contributed by atoms with E-state index >= 15 is 0 Å². The number of rotatable bonds is 4. The summed E-state index contributed by atoms with van der Waals surface area (Å²) in [4.78, 5) is 10.7. The van der Waals surface area contributed by atoms with E-state index in [1.807, 2.05) is 0 Å². The van der Waals surface area contributed by atoms with Crippen molar-refractivity contribution in [3.05, 3.63) is 29.3 Å². The van der Waals surface area contributed by atoms with Gasteiger partial charge in [0.2, 0.25) is 0 Å². The largest absolute Gasteiger partial charge is 0.492 e. The SMILES string of the molecule is C#CCCOc1ccc(C(=O)O)cc1C. The highest BCUT2D eigenvalue weighted by molar-refractivity contribution is 5.88. The number of benzene rings is 1. The van der Waals surface area contributed by atoms with Gasteiger partial charge in [0, 0.05) is 6.42 Å². The van der Waals surface area contributed by atoms with Gasteiger partial charge in [-0.3, -0.25) is 0 Å². The molecule has 1 aromatic carbocycles. The summed E-state index contributed by atoms with van der Waals surface area (Å²) in [5, 5.41) is 8.75. The second-order valence-corrected chi connectivity index (χ2v) is 3.09. The van der Waals surface area contributed by atoms with Crippen LogP contribution >= 0.6 is 0 Å². The highest BCUT2D eigenvalue weighted by atomic mass is 16.5. The molecule has 0 bridgehead atoms. The normalized spacial score (nSPS) is 9.33. The van der Waals surface area contributed by atoms with Crippen molar-refractivity contribution in [1.82, 2.24) is 0 Å². The van der Waals surface area contributed by atoms with E-state index in [-0.39, 0.29) is 5.56 Å². The minimum Gasteiger partial charge on any atom is -0.492 e. The topological polar surface area (TPSA) is 46.5 Å². The van der Waals surface area contributed by atoms with E-state index < -0.39 is 5.97 Å². The van der Waals surface area contributed by atoms with E-state index in [9.17, 15) is 4.79 Å². The number of aryl methyl sites for hydroxylation is 1. The lowest BCUT2D eigenvalue weighted by Gasteiger charge is -2.07. The van der Waals surface area contributed by atoms with Gasteiger partial charge in [-0.25, -0.2) is 4.79 Å². The second-order valence-electron chi connectivity index (χ2n) is 3.09. The van der Waals surface area contributed by atoms with Crippen LogP contribution in [-0.4, -0.2) is 17.7 Å². The number of hydrogen-bond donors (Lipinski definition) is 1. The molecule has 0 fully saturated rings. The van der Waals surface area contributed by atoms with Crippen molar-refractivity contribution >= 4 is 5.97 Å². The summed E-state index contributed by atoms with van der Waals surface area (Å²) in [7, 11) is 0. The van der Waals surface area contributed by atoms with Crippen LogP contribution in [0.15, 0.2) is 18.2 Å². The lowest BCUT2D eigenvalue weighted by atomic mass is 10.1. The molecular weight excluding hydrogens is 192 g/mol. The van der Waals surface area contributed by atoms with Crippen LogP contribution in [-0.2, 0) is 0 Å². The van der Waals surface area contributed by atoms with E-state index in [4.69, 9.17) is 16.3 Å². The molecule has 1 N–H and O–H groups in total. The van der Waals surface area contributed by atoms with Crippen molar-refractivity contribution in [2.75, 3.05) is 6.61 Å². The summed E-state index contributed by atoms with van der Waals surface area (Å²) in [6.45, 7) is 2.25. The van der Waals surface area contributed by atoms with Crippen LogP contribution in [0, 0.1) is 19.3 Å². The van der Waals surface area contributed by atoms with E-state index in [2.05, 4.69) is 5.92 Å². The van der Waals surface area contributed by atoms with Crippen LogP contribution in [0.2, 0.25) is 0 Å². The maximum absolute atomic E-state index is 10.7. The van der Waals surface area contributed by atoms with Gasteiger partial charge in [-0.05, 0) is 30.7 Å². The lowest BCUT2D eigenvalue weighted by molar-refractivity contribution is 0.0696. The fourth-order valence-electron chi connectivity index (χ4n) is 1.16. The van der Waals surface area contributed by atoms with Crippen molar-refractivity contribution in [2.45, 2.75) is 13.3 Å². The molecule has 0 aliphatic heterocycles. The zero-order valence-corrected chi connectivity index (χ0v) is 8.49. The average molecular weight is 204 g/mol. The third-order valence-corrected chi connectivity index (χ3v) is 1.93. The molecule has 0 radical (unpaired) electrons. The lowest BCUT2D eigenvalue weighted by Crippen LogP contribution is -2.00. The van der Waals surface area contributed by atoms with E-state index in [1.54, 1.807) is 19.1 Å². The molecule has 0 aliphatic carbocycles. The molecule has 1 aromatic rings. The highest BCUT2D eigenvalue weighted by Crippen LogP contribution is 2.19. The first-order valence-electron chi connectivity index (χ1n) is 4.55. The van der Waals surface area contributed by atoms with Crippen molar-refractivity contribution in [3.63, 3.8) is 0 Å². The third kappa shape index (κ3) is 3.03. The molecule has 0 saturated heterocycles. The van der Waals surface area contributed by atoms with Crippen LogP contribution in [0.25, 0.3) is 0 Å². The van der Waals surface area contributed by atoms with Crippen LogP contribution in [0.3, 0.4) is 0 Å². The number of carboxylic acid groups (broad SMARTS) is 1. The van der Waals surface area contributed by atoms with Crippen molar-refractivity contribution in [2.24, 2.45) is 0 Å². The molecule has 0 unspecified atom stereocenters. The van der Waals surface area contributed by atoms with Crippen molar-refractivity contribution in [1.29, 1.82) is 0 Å². The van der Waals surface area contributed by atoms with Gasteiger partial charge in [0.15, 0.2) is 0 Å². The minimum absolute atomic E-state index is 0.261. The van der Waals surface area contributed by atoms with Gasteiger partial charge in [0.05, 0.1) is 12.2 Å². The third-order valence-electron chi connectivity index (χ3n) is 1.93. The predicted octanol–water partition coefficient (Wildman–Crippen LogP) is 2.10. The first-order chi connectivity index (χ1) is 7.15. The van der Waals surface area contributed by atoms with Crippen LogP contribution in [0.1, 0.15) is 22.3 Å². The number of carboxylic acids is 1. The minimum atomic E-state index is -0.937. The van der Waals surface area contributed by atoms with Crippen molar-refractivity contribution < 1.29 is 14.6 Å². The van der Waals surface area contributed by atoms with Gasteiger partial charge in [0.1, 0.15) is 5.75 Å². The zero-order chi connectivity index (χ0) is 11.3. The highest BCUT2D eigenvalue weighted by Gasteiger charge is 2.05. The number of aromatic carboxylic acids is 1. The van der Waals surface area contributed by atoms with Gasteiger partial charge >= 0.3 is 5.97 Å². The Bertz CT molecular complexity index is 402. The molecule has 78 valence electrons. The Kier molecular flexibility index (Phi) is 3.75. The Morgan fingerprint density at radius 3 is 2.87 bits per heavy atom. The maximum atomic E-state index is 10.7. The summed E-state index contributed by atoms with van der Waals surface area (Å²) in [5.41, 5.74) is 1.06. The summed E-state index contributed by atoms with van der Waals surface area (Å²) in [6, 6.07) is 4.74. The molecule has 0 aliphatic rings. The summed E-state index contributed by atoms with van der Waals surface area (Å²) < 4.78 is 5.38. The van der Waals surface area contributed by atoms with Crippen molar-refractivity contribution in [3.8, 4) is 18.1 Å². The quantitative estimate of drug-likeness (QED) is 0.603. The first-order valence-corrected chi connectivity index (χ1v) is 4.55. The fraction of sp³-hybridized carbons (Fsp3) is 0.250. The van der Waals surface area contributed by atoms with E-state index in [0.29, 0.717) is 18.8 Å². The second kappa shape index (κ2) is 5.06. The summed E-state index contributed by atoms with van der Waals surface area (Å²) in [6.07, 6.45) is 5.63.